The van der Waals surface area contributed by atoms with Crippen LogP contribution in [0.1, 0.15) is 58.8 Å². The third kappa shape index (κ3) is 1.97. The number of hydrogen-bond acceptors (Lipinski definition) is 2. The largest absolute Gasteiger partial charge is 0.296 e. The minimum Gasteiger partial charge on any atom is -0.296 e. The van der Waals surface area contributed by atoms with Gasteiger partial charge in [-0.3, -0.25) is 9.79 Å². The molecule has 3 saturated carbocycles. The lowest BCUT2D eigenvalue weighted by molar-refractivity contribution is -0.135. The molecule has 0 aromatic heterocycles. The molecular formula is C20H28FNO. The Balaban J connectivity index is 1.69. The summed E-state index contributed by atoms with van der Waals surface area (Å²) >= 11 is 0. The first-order valence-electron chi connectivity index (χ1n) is 9.25. The van der Waals surface area contributed by atoms with E-state index in [4.69, 9.17) is 0 Å². The Hall–Kier alpha value is -0.990. The molecule has 0 N–H and O–H groups in total. The van der Waals surface area contributed by atoms with Crippen LogP contribution < -0.4 is 0 Å². The molecule has 0 saturated heterocycles. The number of carbonyl (C=O) groups is 1. The normalized spacial score (nSPS) is 51.0. The molecule has 3 heteroatoms. The zero-order valence-electron chi connectivity index (χ0n) is 14.6. The molecule has 0 spiro atoms. The van der Waals surface area contributed by atoms with Crippen molar-refractivity contribution >= 4 is 11.5 Å². The van der Waals surface area contributed by atoms with Gasteiger partial charge in [-0.25, -0.2) is 4.39 Å². The number of alkyl halides is 1. The maximum atomic E-state index is 14.2. The molecule has 0 bridgehead atoms. The highest BCUT2D eigenvalue weighted by atomic mass is 19.1. The van der Waals surface area contributed by atoms with Gasteiger partial charge in [-0.1, -0.05) is 19.4 Å². The highest BCUT2D eigenvalue weighted by molar-refractivity contribution is 5.96. The number of fused-ring (bicyclic) bond motifs is 5. The van der Waals surface area contributed by atoms with Crippen molar-refractivity contribution < 1.29 is 9.18 Å². The van der Waals surface area contributed by atoms with Gasteiger partial charge in [0, 0.05) is 18.2 Å². The Morgan fingerprint density at radius 1 is 1.13 bits per heavy atom. The third-order valence-electron chi connectivity index (χ3n) is 7.96. The summed E-state index contributed by atoms with van der Waals surface area (Å²) < 4.78 is 14.2. The van der Waals surface area contributed by atoms with Crippen LogP contribution in [-0.2, 0) is 4.79 Å². The van der Waals surface area contributed by atoms with Crippen molar-refractivity contribution in [3.05, 3.63) is 11.6 Å². The maximum Gasteiger partial charge on any atom is 0.173 e. The van der Waals surface area contributed by atoms with Gasteiger partial charge in [0.1, 0.15) is 0 Å². The van der Waals surface area contributed by atoms with E-state index in [9.17, 15) is 9.18 Å². The Labute approximate surface area is 138 Å². The van der Waals surface area contributed by atoms with Gasteiger partial charge in [-0.2, -0.15) is 0 Å². The lowest BCUT2D eigenvalue weighted by Gasteiger charge is -2.56. The molecule has 2 nitrogen and oxygen atoms in total. The molecule has 23 heavy (non-hydrogen) atoms. The van der Waals surface area contributed by atoms with Crippen LogP contribution in [0.15, 0.2) is 16.6 Å². The number of nitrogens with zero attached hydrogens (tertiary/aromatic N) is 1. The molecule has 0 radical (unpaired) electrons. The smallest absolute Gasteiger partial charge is 0.173 e. The van der Waals surface area contributed by atoms with Crippen LogP contribution in [0.4, 0.5) is 4.39 Å². The van der Waals surface area contributed by atoms with Crippen LogP contribution in [0.25, 0.3) is 0 Å². The summed E-state index contributed by atoms with van der Waals surface area (Å²) in [6.07, 6.45) is 8.04. The second-order valence-corrected chi connectivity index (χ2v) is 8.74. The first-order valence-corrected chi connectivity index (χ1v) is 9.25. The van der Waals surface area contributed by atoms with Crippen molar-refractivity contribution in [2.45, 2.75) is 65.0 Å². The van der Waals surface area contributed by atoms with Crippen molar-refractivity contribution in [3.8, 4) is 0 Å². The standard InChI is InChI=1S/C20H28FNO/c1-19-8-6-13(22-3)10-12(19)4-5-14-15(19)7-9-20(2)16(14)11-17(21)18(20)23/h10,14-17H,4-9,11H2,1-3H3. The predicted octanol–water partition coefficient (Wildman–Crippen LogP) is 4.54. The fourth-order valence-corrected chi connectivity index (χ4v) is 6.50. The predicted molar refractivity (Wildman–Crippen MR) is 90.3 cm³/mol. The molecule has 6 atom stereocenters. The van der Waals surface area contributed by atoms with E-state index in [1.54, 1.807) is 5.57 Å². The Bertz CT molecular complexity index is 609. The minimum absolute atomic E-state index is 0.100. The van der Waals surface area contributed by atoms with Crippen LogP contribution in [0, 0.1) is 28.6 Å². The van der Waals surface area contributed by atoms with E-state index in [0.717, 1.165) is 32.1 Å². The number of ketones is 1. The first-order chi connectivity index (χ1) is 10.9. The molecule has 6 unspecified atom stereocenters. The summed E-state index contributed by atoms with van der Waals surface area (Å²) in [6, 6.07) is 0. The third-order valence-corrected chi connectivity index (χ3v) is 7.96. The summed E-state index contributed by atoms with van der Waals surface area (Å²) in [6.45, 7) is 4.47. The van der Waals surface area contributed by atoms with Crippen LogP contribution in [0.3, 0.4) is 0 Å². The van der Waals surface area contributed by atoms with E-state index in [0.29, 0.717) is 18.3 Å². The average Bonchev–Trinajstić information content (AvgIpc) is 2.78. The minimum atomic E-state index is -1.21. The topological polar surface area (TPSA) is 29.4 Å². The number of carbonyl (C=O) groups excluding carboxylic acids is 1. The van der Waals surface area contributed by atoms with Gasteiger partial charge in [-0.05, 0) is 74.2 Å². The number of rotatable bonds is 0. The van der Waals surface area contributed by atoms with Gasteiger partial charge in [0.15, 0.2) is 12.0 Å². The van der Waals surface area contributed by atoms with E-state index in [1.165, 1.54) is 12.1 Å². The van der Waals surface area contributed by atoms with Crippen LogP contribution in [-0.4, -0.2) is 24.7 Å². The molecule has 4 aliphatic rings. The molecule has 0 aromatic carbocycles. The van der Waals surface area contributed by atoms with Gasteiger partial charge in [0.05, 0.1) is 0 Å². The Morgan fingerprint density at radius 2 is 1.91 bits per heavy atom. The van der Waals surface area contributed by atoms with Gasteiger partial charge < -0.3 is 0 Å². The average molecular weight is 317 g/mol. The molecule has 0 aliphatic heterocycles. The van der Waals surface area contributed by atoms with Crippen molar-refractivity contribution in [2.24, 2.45) is 33.6 Å². The molecule has 126 valence electrons. The number of halogens is 1. The van der Waals surface area contributed by atoms with Gasteiger partial charge in [0.2, 0.25) is 0 Å². The van der Waals surface area contributed by atoms with Gasteiger partial charge in [0.25, 0.3) is 0 Å². The SMILES string of the molecule is CN=C1C=C2CCC3C4CC(F)C(=O)C4(C)CCC3C2(C)CC1. The second kappa shape index (κ2) is 5.00. The fourth-order valence-electron chi connectivity index (χ4n) is 6.50. The lowest BCUT2D eigenvalue weighted by atomic mass is 9.47. The monoisotopic (exact) mass is 317 g/mol. The first kappa shape index (κ1) is 15.5. The summed E-state index contributed by atoms with van der Waals surface area (Å²) in [5.74, 6) is 1.32. The van der Waals surface area contributed by atoms with E-state index in [-0.39, 0.29) is 22.5 Å². The fraction of sp³-hybridized carbons (Fsp3) is 0.800. The maximum absolute atomic E-state index is 14.2. The molecule has 4 aliphatic carbocycles. The summed E-state index contributed by atoms with van der Waals surface area (Å²) in [5, 5.41) is 0. The number of allylic oxidation sites excluding steroid dienone is 2. The van der Waals surface area contributed by atoms with Crippen molar-refractivity contribution in [1.82, 2.24) is 0 Å². The number of hydrogen-bond donors (Lipinski definition) is 0. The lowest BCUT2D eigenvalue weighted by Crippen LogP contribution is -2.50. The summed E-state index contributed by atoms with van der Waals surface area (Å²) in [5.41, 5.74) is 2.66. The van der Waals surface area contributed by atoms with E-state index >= 15 is 0 Å². The van der Waals surface area contributed by atoms with Crippen molar-refractivity contribution in [1.29, 1.82) is 0 Å². The van der Waals surface area contributed by atoms with E-state index in [1.807, 2.05) is 14.0 Å². The van der Waals surface area contributed by atoms with Crippen molar-refractivity contribution in [2.75, 3.05) is 7.05 Å². The molecule has 4 rings (SSSR count). The number of aliphatic imine (C=N–C) groups is 1. The molecule has 3 fully saturated rings. The van der Waals surface area contributed by atoms with Crippen LogP contribution in [0.5, 0.6) is 0 Å². The number of Topliss-reactive ketones (excluding diaryl/α,β-unsaturated/α-hetero) is 1. The van der Waals surface area contributed by atoms with Crippen molar-refractivity contribution in [3.63, 3.8) is 0 Å². The molecular weight excluding hydrogens is 289 g/mol. The quantitative estimate of drug-likeness (QED) is 0.645. The highest BCUT2D eigenvalue weighted by Crippen LogP contribution is 2.64. The molecule has 0 aromatic rings. The summed E-state index contributed by atoms with van der Waals surface area (Å²) in [4.78, 5) is 16.8. The molecule has 0 heterocycles. The zero-order chi connectivity index (χ0) is 16.4. The van der Waals surface area contributed by atoms with E-state index in [2.05, 4.69) is 18.0 Å². The van der Waals surface area contributed by atoms with Crippen LogP contribution in [0.2, 0.25) is 0 Å². The van der Waals surface area contributed by atoms with Gasteiger partial charge in [-0.15, -0.1) is 0 Å². The molecule has 0 amide bonds. The zero-order valence-corrected chi connectivity index (χ0v) is 14.6. The van der Waals surface area contributed by atoms with Gasteiger partial charge >= 0.3 is 0 Å². The highest BCUT2D eigenvalue weighted by Gasteiger charge is 2.61. The summed E-state index contributed by atoms with van der Waals surface area (Å²) in [7, 11) is 1.89. The second-order valence-electron chi connectivity index (χ2n) is 8.74. The Kier molecular flexibility index (Phi) is 3.38. The Morgan fingerprint density at radius 3 is 2.65 bits per heavy atom. The van der Waals surface area contributed by atoms with Crippen LogP contribution >= 0.6 is 0 Å². The van der Waals surface area contributed by atoms with E-state index < -0.39 is 6.17 Å².